The Labute approximate surface area is 143 Å². The third-order valence-electron chi connectivity index (χ3n) is 4.12. The minimum absolute atomic E-state index is 0.161. The first-order valence-electron chi connectivity index (χ1n) is 7.67. The van der Waals surface area contributed by atoms with Crippen molar-refractivity contribution in [2.75, 3.05) is 5.75 Å². The summed E-state index contributed by atoms with van der Waals surface area (Å²) in [4.78, 5) is 15.6. The predicted octanol–water partition coefficient (Wildman–Crippen LogP) is 3.81. The first-order chi connectivity index (χ1) is 11.7. The lowest BCUT2D eigenvalue weighted by Gasteiger charge is -2.23. The molecule has 2 aliphatic rings. The number of hydrogen-bond donors (Lipinski definition) is 1. The highest BCUT2D eigenvalue weighted by atomic mass is 32.2. The third kappa shape index (κ3) is 2.69. The number of amidine groups is 1. The van der Waals surface area contributed by atoms with Crippen LogP contribution in [0.2, 0.25) is 0 Å². The maximum atomic E-state index is 11.5. The molecule has 1 amide bonds. The van der Waals surface area contributed by atoms with Gasteiger partial charge in [0.1, 0.15) is 11.6 Å². The van der Waals surface area contributed by atoms with Crippen molar-refractivity contribution >= 4 is 28.5 Å². The average Bonchev–Trinajstić information content (AvgIpc) is 3.22. The number of rotatable bonds is 2. The Hall–Kier alpha value is -2.60. The molecule has 0 radical (unpaired) electrons. The average molecular weight is 337 g/mol. The number of phenolic OH excluding ortho intramolecular Hbond substituents is 1. The van der Waals surface area contributed by atoms with Crippen molar-refractivity contribution in [3.63, 3.8) is 0 Å². The van der Waals surface area contributed by atoms with Crippen LogP contribution in [-0.2, 0) is 0 Å². The van der Waals surface area contributed by atoms with E-state index in [-0.39, 0.29) is 17.0 Å². The Morgan fingerprint density at radius 1 is 1.08 bits per heavy atom. The van der Waals surface area contributed by atoms with Crippen LogP contribution < -0.4 is 0 Å². The van der Waals surface area contributed by atoms with Gasteiger partial charge in [0.25, 0.3) is 0 Å². The highest BCUT2D eigenvalue weighted by Crippen LogP contribution is 2.38. The minimum atomic E-state index is -0.190. The van der Waals surface area contributed by atoms with Crippen LogP contribution in [0.15, 0.2) is 64.7 Å². The van der Waals surface area contributed by atoms with Crippen molar-refractivity contribution in [1.82, 2.24) is 5.01 Å². The number of hydrazone groups is 1. The highest BCUT2D eigenvalue weighted by Gasteiger charge is 2.35. The summed E-state index contributed by atoms with van der Waals surface area (Å²) in [7, 11) is 0. The molecule has 0 unspecified atom stereocenters. The lowest BCUT2D eigenvalue weighted by Crippen LogP contribution is -2.27. The molecule has 2 aliphatic heterocycles. The largest absolute Gasteiger partial charge is 0.508 e. The molecule has 2 aromatic carbocycles. The molecule has 0 aliphatic carbocycles. The van der Waals surface area contributed by atoms with E-state index in [2.05, 4.69) is 4.99 Å². The van der Waals surface area contributed by atoms with Crippen LogP contribution in [0.1, 0.15) is 23.6 Å². The lowest BCUT2D eigenvalue weighted by molar-refractivity contribution is 0.267. The van der Waals surface area contributed by atoms with Crippen LogP contribution >= 0.6 is 11.8 Å². The van der Waals surface area contributed by atoms with Crippen molar-refractivity contribution in [1.29, 1.82) is 0 Å². The molecule has 2 aromatic rings. The van der Waals surface area contributed by atoms with Gasteiger partial charge in [-0.3, -0.25) is 4.79 Å². The Morgan fingerprint density at radius 2 is 1.83 bits per heavy atom. The maximum Gasteiger partial charge on any atom is 0.307 e. The van der Waals surface area contributed by atoms with Crippen molar-refractivity contribution in [3.8, 4) is 5.75 Å². The number of nitrogens with zero attached hydrogens (tertiary/aromatic N) is 3. The Kier molecular flexibility index (Phi) is 3.82. The fraction of sp³-hybridized carbons (Fsp3) is 0.167. The molecule has 5 nitrogen and oxygen atoms in total. The number of benzene rings is 2. The second kappa shape index (κ2) is 6.13. The van der Waals surface area contributed by atoms with Gasteiger partial charge in [-0.1, -0.05) is 60.3 Å². The van der Waals surface area contributed by atoms with Gasteiger partial charge in [-0.25, -0.2) is 5.01 Å². The molecular formula is C18H15N3O2S. The van der Waals surface area contributed by atoms with E-state index in [1.54, 1.807) is 17.1 Å². The number of phenols is 1. The predicted molar refractivity (Wildman–Crippen MR) is 95.6 cm³/mol. The van der Waals surface area contributed by atoms with Gasteiger partial charge in [-0.15, -0.1) is 0 Å². The van der Waals surface area contributed by atoms with E-state index in [4.69, 9.17) is 5.10 Å². The highest BCUT2D eigenvalue weighted by molar-refractivity contribution is 8.14. The van der Waals surface area contributed by atoms with Gasteiger partial charge in [-0.2, -0.15) is 10.1 Å². The molecule has 6 heteroatoms. The molecule has 0 bridgehead atoms. The molecule has 0 saturated heterocycles. The number of aliphatic imine (C=N–C) groups is 1. The molecule has 1 N–H and O–H groups in total. The van der Waals surface area contributed by atoms with E-state index in [0.717, 1.165) is 16.8 Å². The lowest BCUT2D eigenvalue weighted by atomic mass is 9.98. The molecule has 24 heavy (non-hydrogen) atoms. The van der Waals surface area contributed by atoms with Crippen LogP contribution in [0.4, 0.5) is 4.79 Å². The summed E-state index contributed by atoms with van der Waals surface area (Å²) in [5.41, 5.74) is 2.76. The van der Waals surface area contributed by atoms with E-state index >= 15 is 0 Å². The fourth-order valence-corrected chi connectivity index (χ4v) is 3.60. The number of para-hydroxylation sites is 1. The zero-order valence-electron chi connectivity index (χ0n) is 12.8. The van der Waals surface area contributed by atoms with Crippen LogP contribution in [0.25, 0.3) is 0 Å². The van der Waals surface area contributed by atoms with Gasteiger partial charge in [0.2, 0.25) is 0 Å². The minimum Gasteiger partial charge on any atom is -0.508 e. The van der Waals surface area contributed by atoms with Crippen molar-refractivity contribution in [3.05, 3.63) is 65.7 Å². The zero-order chi connectivity index (χ0) is 16.5. The number of carbonyl (C=O) groups is 1. The summed E-state index contributed by atoms with van der Waals surface area (Å²) in [6, 6.07) is 17.0. The Bertz CT molecular complexity index is 848. The quantitative estimate of drug-likeness (QED) is 0.905. The number of hydrogen-bond acceptors (Lipinski definition) is 5. The molecular weight excluding hydrogens is 322 g/mol. The topological polar surface area (TPSA) is 65.3 Å². The molecule has 0 aromatic heterocycles. The number of thioether (sulfide) groups is 1. The van der Waals surface area contributed by atoms with E-state index in [0.29, 0.717) is 18.0 Å². The molecule has 4 rings (SSSR count). The normalized spacial score (nSPS) is 20.2. The van der Waals surface area contributed by atoms with Crippen molar-refractivity contribution in [2.45, 2.75) is 12.5 Å². The van der Waals surface area contributed by atoms with Gasteiger partial charge in [0.05, 0.1) is 17.5 Å². The Morgan fingerprint density at radius 3 is 2.54 bits per heavy atom. The second-order valence-corrected chi connectivity index (χ2v) is 6.55. The molecule has 120 valence electrons. The first-order valence-corrected chi connectivity index (χ1v) is 8.65. The summed E-state index contributed by atoms with van der Waals surface area (Å²) in [5.74, 6) is 1.38. The summed E-state index contributed by atoms with van der Waals surface area (Å²) in [6.45, 7) is 0. The third-order valence-corrected chi connectivity index (χ3v) is 4.86. The van der Waals surface area contributed by atoms with Crippen LogP contribution in [0.3, 0.4) is 0 Å². The molecule has 0 saturated carbocycles. The number of carbonyl (C=O) groups excluding carboxylic acids is 1. The molecule has 0 fully saturated rings. The fourth-order valence-electron chi connectivity index (χ4n) is 2.98. The summed E-state index contributed by atoms with van der Waals surface area (Å²) >= 11 is 1.17. The smallest absolute Gasteiger partial charge is 0.307 e. The number of aromatic hydroxyl groups is 1. The van der Waals surface area contributed by atoms with Crippen LogP contribution in [0.5, 0.6) is 5.75 Å². The van der Waals surface area contributed by atoms with Gasteiger partial charge in [-0.05, 0) is 11.6 Å². The SMILES string of the molecule is O=C1N=C(N2N=C(c3ccccc3)C[C@H]2c2ccccc2O)CS1. The van der Waals surface area contributed by atoms with E-state index in [1.807, 2.05) is 42.5 Å². The first kappa shape index (κ1) is 15.0. The molecule has 1 atom stereocenters. The van der Waals surface area contributed by atoms with Crippen LogP contribution in [0, 0.1) is 0 Å². The maximum absolute atomic E-state index is 11.5. The van der Waals surface area contributed by atoms with E-state index < -0.39 is 0 Å². The zero-order valence-corrected chi connectivity index (χ0v) is 13.6. The van der Waals surface area contributed by atoms with Crippen molar-refractivity contribution in [2.24, 2.45) is 10.1 Å². The monoisotopic (exact) mass is 337 g/mol. The number of amides is 1. The van der Waals surface area contributed by atoms with Gasteiger partial charge in [0.15, 0.2) is 0 Å². The van der Waals surface area contributed by atoms with Gasteiger partial charge < -0.3 is 5.11 Å². The van der Waals surface area contributed by atoms with Gasteiger partial charge >= 0.3 is 5.24 Å². The van der Waals surface area contributed by atoms with E-state index in [9.17, 15) is 9.90 Å². The summed E-state index contributed by atoms with van der Waals surface area (Å²) < 4.78 is 0. The molecule has 2 heterocycles. The standard InChI is InChI=1S/C18H15N3O2S/c22-16-9-5-4-8-13(16)15-10-14(12-6-2-1-3-7-12)20-21(15)17-11-24-18(23)19-17/h1-9,15,22H,10-11H2/t15-/m0/s1. The summed E-state index contributed by atoms with van der Waals surface area (Å²) in [5, 5.41) is 16.6. The molecule has 0 spiro atoms. The Balaban J connectivity index is 1.75. The summed E-state index contributed by atoms with van der Waals surface area (Å²) in [6.07, 6.45) is 0.652. The van der Waals surface area contributed by atoms with Gasteiger partial charge in [0, 0.05) is 12.0 Å². The van der Waals surface area contributed by atoms with E-state index in [1.165, 1.54) is 11.8 Å². The van der Waals surface area contributed by atoms with Crippen molar-refractivity contribution < 1.29 is 9.90 Å². The second-order valence-electron chi connectivity index (χ2n) is 5.62. The van der Waals surface area contributed by atoms with Crippen LogP contribution in [-0.4, -0.2) is 32.7 Å².